The molecule has 2 heterocycles. The van der Waals surface area contributed by atoms with Crippen LogP contribution in [0.1, 0.15) is 15.9 Å². The van der Waals surface area contributed by atoms with Gasteiger partial charge in [0.25, 0.3) is 10.0 Å². The van der Waals surface area contributed by atoms with Crippen LogP contribution in [0.3, 0.4) is 0 Å². The fourth-order valence-corrected chi connectivity index (χ4v) is 5.10. The molecule has 10 heteroatoms. The molecule has 0 saturated heterocycles. The van der Waals surface area contributed by atoms with Crippen molar-refractivity contribution in [2.75, 3.05) is 18.9 Å². The molecule has 2 N–H and O–H groups in total. The van der Waals surface area contributed by atoms with E-state index in [4.69, 9.17) is 9.47 Å². The topological polar surface area (TPSA) is 110 Å². The van der Waals surface area contributed by atoms with Crippen LogP contribution in [0, 0.1) is 0 Å². The van der Waals surface area contributed by atoms with E-state index in [9.17, 15) is 13.2 Å². The second-order valence-corrected chi connectivity index (χ2v) is 9.76. The van der Waals surface area contributed by atoms with Crippen LogP contribution < -0.4 is 14.2 Å². The van der Waals surface area contributed by atoms with Crippen molar-refractivity contribution in [3.63, 3.8) is 0 Å². The van der Waals surface area contributed by atoms with Crippen LogP contribution in [0.5, 0.6) is 11.5 Å². The van der Waals surface area contributed by atoms with E-state index < -0.39 is 10.0 Å². The zero-order valence-corrected chi connectivity index (χ0v) is 20.0. The number of ether oxygens (including phenoxy) is 2. The summed E-state index contributed by atoms with van der Waals surface area (Å²) in [6, 6.07) is 14.5. The first kappa shape index (κ1) is 23.3. The van der Waals surface area contributed by atoms with Crippen LogP contribution in [0.15, 0.2) is 77.6 Å². The van der Waals surface area contributed by atoms with E-state index in [1.807, 2.05) is 23.6 Å². The number of aromatic amines is 1. The van der Waals surface area contributed by atoms with Crippen molar-refractivity contribution < 1.29 is 22.7 Å². The lowest BCUT2D eigenvalue weighted by atomic mass is 9.95. The van der Waals surface area contributed by atoms with Gasteiger partial charge in [-0.3, -0.25) is 14.6 Å². The number of hydrogen-bond donors (Lipinski definition) is 2. The Bertz CT molecular complexity index is 1430. The van der Waals surface area contributed by atoms with Crippen molar-refractivity contribution in [3.05, 3.63) is 83.9 Å². The van der Waals surface area contributed by atoms with Crippen molar-refractivity contribution in [2.45, 2.75) is 4.90 Å². The van der Waals surface area contributed by atoms with Gasteiger partial charge in [0.2, 0.25) is 0 Å². The van der Waals surface area contributed by atoms with E-state index >= 15 is 0 Å². The summed E-state index contributed by atoms with van der Waals surface area (Å²) in [7, 11) is -0.768. The van der Waals surface area contributed by atoms with Gasteiger partial charge in [0.15, 0.2) is 11.6 Å². The lowest BCUT2D eigenvalue weighted by molar-refractivity contribution is 0.105. The maximum atomic E-state index is 13.2. The van der Waals surface area contributed by atoms with Gasteiger partial charge >= 0.3 is 0 Å². The average Bonchev–Trinajstić information content (AvgIpc) is 3.56. The highest BCUT2D eigenvalue weighted by molar-refractivity contribution is 7.92. The highest BCUT2D eigenvalue weighted by atomic mass is 32.2. The number of nitrogens with one attached hydrogen (secondary N) is 2. The first-order chi connectivity index (χ1) is 16.3. The number of sulfonamides is 1. The van der Waals surface area contributed by atoms with Crippen LogP contribution >= 0.6 is 11.3 Å². The number of methoxy groups -OCH3 is 2. The summed E-state index contributed by atoms with van der Waals surface area (Å²) in [5.74, 6) is 0.867. The molecule has 0 amide bonds. The Morgan fingerprint density at radius 2 is 1.79 bits per heavy atom. The van der Waals surface area contributed by atoms with Gasteiger partial charge in [0.1, 0.15) is 11.5 Å². The SMILES string of the molecule is C=C(C(=O)c1ccc(S(=O)(=O)Nc2cc[nH]n2)cc1)c1cc(-c2cccs2)c(OC)cc1OC. The number of Topliss-reactive ketones (excluding diaryl/α,β-unsaturated/α-hetero) is 1. The monoisotopic (exact) mass is 495 g/mol. The predicted molar refractivity (Wildman–Crippen MR) is 132 cm³/mol. The molecule has 0 saturated carbocycles. The van der Waals surface area contributed by atoms with Crippen molar-refractivity contribution in [2.24, 2.45) is 0 Å². The number of H-pyrrole nitrogens is 1. The number of carbonyl (C=O) groups excluding carboxylic acids is 1. The molecule has 0 aliphatic carbocycles. The minimum atomic E-state index is -3.85. The van der Waals surface area contributed by atoms with Gasteiger partial charge in [-0.15, -0.1) is 11.3 Å². The minimum Gasteiger partial charge on any atom is -0.496 e. The van der Waals surface area contributed by atoms with Crippen molar-refractivity contribution in [1.29, 1.82) is 0 Å². The molecule has 0 radical (unpaired) electrons. The van der Waals surface area contributed by atoms with E-state index in [0.717, 1.165) is 10.4 Å². The zero-order chi connectivity index (χ0) is 24.3. The molecule has 0 bridgehead atoms. The number of allylic oxidation sites excluding steroid dienone is 1. The lowest BCUT2D eigenvalue weighted by Gasteiger charge is -2.15. The number of hydrogen-bond acceptors (Lipinski definition) is 7. The number of ketones is 1. The van der Waals surface area contributed by atoms with Gasteiger partial charge in [-0.2, -0.15) is 5.10 Å². The van der Waals surface area contributed by atoms with Crippen molar-refractivity contribution in [1.82, 2.24) is 10.2 Å². The van der Waals surface area contributed by atoms with Gasteiger partial charge < -0.3 is 9.47 Å². The van der Waals surface area contributed by atoms with Gasteiger partial charge in [0.05, 0.1) is 19.1 Å². The van der Waals surface area contributed by atoms with Gasteiger partial charge in [-0.05, 0) is 41.8 Å². The van der Waals surface area contributed by atoms with Crippen LogP contribution in [-0.2, 0) is 10.0 Å². The molecule has 4 aromatic rings. The number of carbonyl (C=O) groups is 1. The molecule has 0 spiro atoms. The lowest BCUT2D eigenvalue weighted by Crippen LogP contribution is -2.13. The quantitative estimate of drug-likeness (QED) is 0.254. The minimum absolute atomic E-state index is 0.000304. The van der Waals surface area contributed by atoms with E-state index in [1.54, 1.807) is 24.5 Å². The molecule has 34 heavy (non-hydrogen) atoms. The Morgan fingerprint density at radius 3 is 2.38 bits per heavy atom. The summed E-state index contributed by atoms with van der Waals surface area (Å²) >= 11 is 1.54. The van der Waals surface area contributed by atoms with E-state index in [0.29, 0.717) is 22.6 Å². The maximum Gasteiger partial charge on any atom is 0.263 e. The summed E-state index contributed by atoms with van der Waals surface area (Å²) in [6.45, 7) is 4.00. The summed E-state index contributed by atoms with van der Waals surface area (Å²) in [5, 5.41) is 8.27. The van der Waals surface area contributed by atoms with Gasteiger partial charge in [-0.25, -0.2) is 8.42 Å². The fraction of sp³-hybridized carbons (Fsp3) is 0.0833. The van der Waals surface area contributed by atoms with E-state index in [1.165, 1.54) is 43.6 Å². The summed E-state index contributed by atoms with van der Waals surface area (Å²) in [4.78, 5) is 14.2. The van der Waals surface area contributed by atoms with Crippen LogP contribution in [0.2, 0.25) is 0 Å². The molecule has 0 aliphatic heterocycles. The van der Waals surface area contributed by atoms with Crippen LogP contribution in [0.25, 0.3) is 16.0 Å². The predicted octanol–water partition coefficient (Wildman–Crippen LogP) is 4.85. The number of anilines is 1. The number of rotatable bonds is 9. The first-order valence-electron chi connectivity index (χ1n) is 10.0. The molecular formula is C24H21N3O5S2. The zero-order valence-electron chi connectivity index (χ0n) is 18.4. The molecule has 2 aromatic carbocycles. The Hall–Kier alpha value is -3.89. The number of benzene rings is 2. The largest absolute Gasteiger partial charge is 0.496 e. The Morgan fingerprint density at radius 1 is 1.06 bits per heavy atom. The first-order valence-corrected chi connectivity index (χ1v) is 12.4. The Kier molecular flexibility index (Phi) is 6.53. The Balaban J connectivity index is 1.64. The number of thiophene rings is 1. The molecule has 8 nitrogen and oxygen atoms in total. The highest BCUT2D eigenvalue weighted by Gasteiger charge is 2.21. The molecule has 0 atom stereocenters. The van der Waals surface area contributed by atoms with E-state index in [2.05, 4.69) is 21.5 Å². The highest BCUT2D eigenvalue weighted by Crippen LogP contribution is 2.40. The molecule has 0 fully saturated rings. The summed E-state index contributed by atoms with van der Waals surface area (Å²) in [6.07, 6.45) is 1.50. The van der Waals surface area contributed by atoms with Crippen LogP contribution in [0.4, 0.5) is 5.82 Å². The molecule has 174 valence electrons. The smallest absolute Gasteiger partial charge is 0.263 e. The molecule has 4 rings (SSSR count). The standard InChI is InChI=1S/C24H21N3O5S2/c1-15(18-13-19(22-5-4-12-33-22)21(32-3)14-20(18)31-2)24(28)16-6-8-17(9-7-16)34(29,30)27-23-10-11-25-26-23/h4-14H,1H2,2-3H3,(H2,25,26,27). The third-order valence-corrected chi connectivity index (χ3v) is 7.35. The third-order valence-electron chi connectivity index (χ3n) is 5.07. The normalized spacial score (nSPS) is 11.1. The molecule has 0 aliphatic rings. The summed E-state index contributed by atoms with van der Waals surface area (Å²) < 4.78 is 38.4. The van der Waals surface area contributed by atoms with Crippen molar-refractivity contribution in [3.8, 4) is 21.9 Å². The van der Waals surface area contributed by atoms with E-state index in [-0.39, 0.29) is 22.1 Å². The second-order valence-electron chi connectivity index (χ2n) is 7.13. The number of nitrogens with zero attached hydrogens (tertiary/aromatic N) is 1. The average molecular weight is 496 g/mol. The van der Waals surface area contributed by atoms with Crippen LogP contribution in [-0.4, -0.2) is 38.6 Å². The van der Waals surface area contributed by atoms with Gasteiger partial charge in [-0.1, -0.05) is 12.6 Å². The Labute approximate surface area is 200 Å². The molecule has 0 unspecified atom stereocenters. The molecule has 2 aromatic heterocycles. The second kappa shape index (κ2) is 9.54. The molecular weight excluding hydrogens is 474 g/mol. The number of aromatic nitrogens is 2. The third kappa shape index (κ3) is 4.59. The summed E-state index contributed by atoms with van der Waals surface area (Å²) in [5.41, 5.74) is 1.84. The fourth-order valence-electron chi connectivity index (χ4n) is 3.35. The van der Waals surface area contributed by atoms with Gasteiger partial charge in [0, 0.05) is 45.5 Å². The maximum absolute atomic E-state index is 13.2. The van der Waals surface area contributed by atoms with Crippen molar-refractivity contribution >= 4 is 38.5 Å².